The number of hydrogen-bond donors (Lipinski definition) is 7. The molecule has 16 heteroatoms. The molecule has 5 atom stereocenters. The number of aliphatic hydroxyl groups excluding tert-OH is 2. The van der Waals surface area contributed by atoms with Gasteiger partial charge < -0.3 is 35.4 Å². The van der Waals surface area contributed by atoms with Crippen LogP contribution in [-0.2, 0) is 18.6 Å². The Balaban J connectivity index is 1.84. The molecular formula is C16H25N6O9P. The number of phosphoric ester groups is 1. The number of aromatic nitrogens is 4. The summed E-state index contributed by atoms with van der Waals surface area (Å²) in [4.78, 5) is 52.8. The molecule has 0 spiro atoms. The first-order valence-corrected chi connectivity index (χ1v) is 11.3. The number of imidazole rings is 1. The van der Waals surface area contributed by atoms with Crippen LogP contribution in [-0.4, -0.2) is 82.9 Å². The largest absolute Gasteiger partial charge is 0.469 e. The molecule has 0 saturated carbocycles. The number of ether oxygens (including phenoxy) is 1. The molecule has 1 saturated heterocycles. The second-order valence-corrected chi connectivity index (χ2v) is 8.47. The number of fused-ring (bicyclic) bond motifs is 1. The van der Waals surface area contributed by atoms with Gasteiger partial charge in [0.15, 0.2) is 17.4 Å². The SMILES string of the molecule is CCCNC(=O)[C@H](C)Nc1nc2c(ncn2[C@@H]2O[C@H](COP(=O)(O)O)[C@@H](O)[C@H]2O)c(=O)[nH]1. The number of aromatic amines is 1. The van der Waals surface area contributed by atoms with Crippen molar-refractivity contribution in [2.24, 2.45) is 0 Å². The second-order valence-electron chi connectivity index (χ2n) is 7.23. The van der Waals surface area contributed by atoms with E-state index in [0.717, 1.165) is 6.42 Å². The van der Waals surface area contributed by atoms with Crippen LogP contribution in [0.4, 0.5) is 5.95 Å². The molecule has 0 bridgehead atoms. The van der Waals surface area contributed by atoms with Crippen LogP contribution in [0, 0.1) is 0 Å². The summed E-state index contributed by atoms with van der Waals surface area (Å²) in [7, 11) is -4.82. The van der Waals surface area contributed by atoms with E-state index in [1.807, 2.05) is 6.92 Å². The molecule has 1 aliphatic heterocycles. The first kappa shape index (κ1) is 24.3. The number of nitrogens with one attached hydrogen (secondary N) is 3. The number of phosphoric acid groups is 1. The molecule has 32 heavy (non-hydrogen) atoms. The Morgan fingerprint density at radius 1 is 1.41 bits per heavy atom. The maximum atomic E-state index is 12.4. The lowest BCUT2D eigenvalue weighted by atomic mass is 10.1. The Kier molecular flexibility index (Phi) is 7.29. The van der Waals surface area contributed by atoms with Crippen LogP contribution in [0.2, 0.25) is 0 Å². The van der Waals surface area contributed by atoms with Gasteiger partial charge in [0, 0.05) is 6.54 Å². The van der Waals surface area contributed by atoms with Crippen LogP contribution in [0.15, 0.2) is 11.1 Å². The van der Waals surface area contributed by atoms with Gasteiger partial charge in [0.2, 0.25) is 11.9 Å². The molecule has 2 aromatic rings. The third-order valence-electron chi connectivity index (χ3n) is 4.75. The van der Waals surface area contributed by atoms with Crippen LogP contribution in [0.25, 0.3) is 11.2 Å². The maximum absolute atomic E-state index is 12.4. The van der Waals surface area contributed by atoms with E-state index in [1.165, 1.54) is 10.9 Å². The molecule has 1 aliphatic rings. The van der Waals surface area contributed by atoms with Gasteiger partial charge >= 0.3 is 7.82 Å². The number of rotatable bonds is 9. The smallest absolute Gasteiger partial charge is 0.387 e. The van der Waals surface area contributed by atoms with Gasteiger partial charge in [-0.05, 0) is 13.3 Å². The van der Waals surface area contributed by atoms with Crippen molar-refractivity contribution in [3.05, 3.63) is 16.7 Å². The highest BCUT2D eigenvalue weighted by atomic mass is 31.2. The molecule has 3 rings (SSSR count). The number of carbonyl (C=O) groups is 1. The van der Waals surface area contributed by atoms with Crippen molar-refractivity contribution in [2.45, 2.75) is 50.8 Å². The number of carbonyl (C=O) groups excluding carboxylic acids is 1. The first-order valence-electron chi connectivity index (χ1n) is 9.74. The van der Waals surface area contributed by atoms with E-state index in [1.54, 1.807) is 6.92 Å². The predicted octanol–water partition coefficient (Wildman–Crippen LogP) is -1.83. The number of anilines is 1. The summed E-state index contributed by atoms with van der Waals surface area (Å²) in [6.07, 6.45) is -3.68. The molecule has 0 aliphatic carbocycles. The number of hydrogen-bond acceptors (Lipinski definition) is 10. The highest BCUT2D eigenvalue weighted by molar-refractivity contribution is 7.46. The quantitative estimate of drug-likeness (QED) is 0.199. The van der Waals surface area contributed by atoms with Gasteiger partial charge in [0.05, 0.1) is 12.9 Å². The second kappa shape index (κ2) is 9.62. The minimum atomic E-state index is -4.82. The molecule has 0 unspecified atom stereocenters. The lowest BCUT2D eigenvalue weighted by Gasteiger charge is -2.17. The van der Waals surface area contributed by atoms with Crippen LogP contribution in [0.1, 0.15) is 26.5 Å². The number of nitrogens with zero attached hydrogens (tertiary/aromatic N) is 3. The highest BCUT2D eigenvalue weighted by Gasteiger charge is 2.45. The average molecular weight is 476 g/mol. The molecule has 15 nitrogen and oxygen atoms in total. The number of aliphatic hydroxyl groups is 2. The zero-order chi connectivity index (χ0) is 23.6. The molecule has 0 aromatic carbocycles. The normalized spacial score (nSPS) is 24.6. The van der Waals surface area contributed by atoms with Crippen molar-refractivity contribution in [1.82, 2.24) is 24.8 Å². The van der Waals surface area contributed by atoms with E-state index in [4.69, 9.17) is 14.5 Å². The Bertz CT molecular complexity index is 1070. The van der Waals surface area contributed by atoms with E-state index in [0.29, 0.717) is 6.54 Å². The zero-order valence-electron chi connectivity index (χ0n) is 17.2. The van der Waals surface area contributed by atoms with Crippen molar-refractivity contribution in [1.29, 1.82) is 0 Å². The standard InChI is InChI=1S/C16H25N6O9P/c1-3-4-17-13(25)7(2)19-16-20-12-9(14(26)21-16)18-6-22(12)15-11(24)10(23)8(31-15)5-30-32(27,28)29/h6-8,10-11,15,23-24H,3-5H2,1-2H3,(H,17,25)(H2,27,28,29)(H2,19,20,21,26)/t7-,8+,10+,11+,15+/m0/s1. The third kappa shape index (κ3) is 5.32. The molecule has 3 heterocycles. The highest BCUT2D eigenvalue weighted by Crippen LogP contribution is 2.38. The Hall–Kier alpha value is -2.39. The molecule has 0 radical (unpaired) electrons. The molecule has 2 aromatic heterocycles. The van der Waals surface area contributed by atoms with Crippen molar-refractivity contribution < 1.29 is 38.6 Å². The van der Waals surface area contributed by atoms with Crippen molar-refractivity contribution in [3.63, 3.8) is 0 Å². The van der Waals surface area contributed by atoms with Crippen molar-refractivity contribution >= 4 is 30.8 Å². The lowest BCUT2D eigenvalue weighted by Crippen LogP contribution is -2.38. The monoisotopic (exact) mass is 476 g/mol. The van der Waals surface area contributed by atoms with Gasteiger partial charge in [-0.1, -0.05) is 6.92 Å². The van der Waals surface area contributed by atoms with E-state index >= 15 is 0 Å². The van der Waals surface area contributed by atoms with E-state index in [-0.39, 0.29) is 23.0 Å². The predicted molar refractivity (Wildman–Crippen MR) is 108 cm³/mol. The molecule has 178 valence electrons. The summed E-state index contributed by atoms with van der Waals surface area (Å²) in [6, 6.07) is -0.720. The molecule has 1 amide bonds. The average Bonchev–Trinajstić information content (AvgIpc) is 3.25. The minimum absolute atomic E-state index is 0.00905. The maximum Gasteiger partial charge on any atom is 0.469 e. The Morgan fingerprint density at radius 3 is 2.78 bits per heavy atom. The van der Waals surface area contributed by atoms with Crippen molar-refractivity contribution in [2.75, 3.05) is 18.5 Å². The molecule has 1 fully saturated rings. The van der Waals surface area contributed by atoms with Gasteiger partial charge in [-0.15, -0.1) is 0 Å². The fourth-order valence-corrected chi connectivity index (χ4v) is 3.46. The number of amides is 1. The third-order valence-corrected chi connectivity index (χ3v) is 5.23. The van der Waals surface area contributed by atoms with Crippen LogP contribution in [0.3, 0.4) is 0 Å². The zero-order valence-corrected chi connectivity index (χ0v) is 18.1. The van der Waals surface area contributed by atoms with Gasteiger partial charge in [0.25, 0.3) is 5.56 Å². The van der Waals surface area contributed by atoms with Crippen LogP contribution >= 0.6 is 7.82 Å². The topological polar surface area (TPSA) is 221 Å². The van der Waals surface area contributed by atoms with Crippen LogP contribution in [0.5, 0.6) is 0 Å². The van der Waals surface area contributed by atoms with Crippen molar-refractivity contribution in [3.8, 4) is 0 Å². The summed E-state index contributed by atoms with van der Waals surface area (Å²) in [5, 5.41) is 26.0. The summed E-state index contributed by atoms with van der Waals surface area (Å²) in [5.74, 6) is -0.327. The Morgan fingerprint density at radius 2 is 2.12 bits per heavy atom. The van der Waals surface area contributed by atoms with E-state index in [9.17, 15) is 24.4 Å². The minimum Gasteiger partial charge on any atom is -0.387 e. The summed E-state index contributed by atoms with van der Waals surface area (Å²) in [6.45, 7) is 3.30. The van der Waals surface area contributed by atoms with E-state index < -0.39 is 50.6 Å². The Labute approximate surface area is 181 Å². The lowest BCUT2D eigenvalue weighted by molar-refractivity contribution is -0.121. The fourth-order valence-electron chi connectivity index (χ4n) is 3.12. The molecular weight excluding hydrogens is 451 g/mol. The summed E-state index contributed by atoms with van der Waals surface area (Å²) in [5.41, 5.74) is -0.712. The van der Waals surface area contributed by atoms with Crippen LogP contribution < -0.4 is 16.2 Å². The summed E-state index contributed by atoms with van der Waals surface area (Å²) >= 11 is 0. The number of H-pyrrole nitrogens is 1. The van der Waals surface area contributed by atoms with Gasteiger partial charge in [0.1, 0.15) is 24.4 Å². The summed E-state index contributed by atoms with van der Waals surface area (Å²) < 4.78 is 21.9. The fraction of sp³-hybridized carbons (Fsp3) is 0.625. The van der Waals surface area contributed by atoms with E-state index in [2.05, 4.69) is 30.1 Å². The molecule has 7 N–H and O–H groups in total. The van der Waals surface area contributed by atoms with Gasteiger partial charge in [-0.2, -0.15) is 4.98 Å². The first-order chi connectivity index (χ1) is 15.0. The van der Waals surface area contributed by atoms with Gasteiger partial charge in [-0.3, -0.25) is 23.7 Å². The van der Waals surface area contributed by atoms with Gasteiger partial charge in [-0.25, -0.2) is 9.55 Å².